The lowest BCUT2D eigenvalue weighted by molar-refractivity contribution is 0.303. The molecule has 0 saturated heterocycles. The topological polar surface area (TPSA) is 21.3 Å². The fraction of sp³-hybridized carbons (Fsp3) is 0.294. The summed E-state index contributed by atoms with van der Waals surface area (Å²) in [6, 6.07) is 14.3. The van der Waals surface area contributed by atoms with E-state index < -0.39 is 0 Å². The second-order valence-corrected chi connectivity index (χ2v) is 6.60. The number of hydrogen-bond acceptors (Lipinski definition) is 2. The molecule has 1 aliphatic rings. The highest BCUT2D eigenvalue weighted by atomic mass is 79.9. The van der Waals surface area contributed by atoms with Crippen LogP contribution in [0.4, 0.5) is 0 Å². The van der Waals surface area contributed by atoms with Gasteiger partial charge in [-0.15, -0.1) is 0 Å². The Morgan fingerprint density at radius 3 is 2.48 bits per heavy atom. The third-order valence-electron chi connectivity index (χ3n) is 3.60. The van der Waals surface area contributed by atoms with E-state index in [1.807, 2.05) is 37.4 Å². The van der Waals surface area contributed by atoms with Crippen molar-refractivity contribution >= 4 is 27.5 Å². The summed E-state index contributed by atoms with van der Waals surface area (Å²) in [6.45, 7) is 0. The van der Waals surface area contributed by atoms with Gasteiger partial charge in [0.05, 0.1) is 12.1 Å². The van der Waals surface area contributed by atoms with Crippen molar-refractivity contribution in [1.29, 1.82) is 0 Å². The van der Waals surface area contributed by atoms with Gasteiger partial charge >= 0.3 is 0 Å². The highest BCUT2D eigenvalue weighted by molar-refractivity contribution is 9.10. The predicted molar refractivity (Wildman–Crippen MR) is 90.1 cm³/mol. The van der Waals surface area contributed by atoms with Gasteiger partial charge in [-0.3, -0.25) is 0 Å². The number of halogens is 2. The van der Waals surface area contributed by atoms with Crippen molar-refractivity contribution in [1.82, 2.24) is 5.32 Å². The quantitative estimate of drug-likeness (QED) is 0.808. The van der Waals surface area contributed by atoms with E-state index in [9.17, 15) is 0 Å². The number of benzene rings is 2. The van der Waals surface area contributed by atoms with Crippen LogP contribution < -0.4 is 10.1 Å². The second kappa shape index (κ2) is 6.39. The van der Waals surface area contributed by atoms with E-state index in [-0.39, 0.29) is 6.04 Å². The summed E-state index contributed by atoms with van der Waals surface area (Å²) < 4.78 is 6.77. The first-order valence-electron chi connectivity index (χ1n) is 7.06. The zero-order valence-corrected chi connectivity index (χ0v) is 14.1. The number of hydrogen-bond donors (Lipinski definition) is 1. The molecule has 0 heterocycles. The molecule has 0 aliphatic heterocycles. The van der Waals surface area contributed by atoms with Gasteiger partial charge in [0.2, 0.25) is 0 Å². The average Bonchev–Trinajstić information content (AvgIpc) is 3.27. The molecule has 1 unspecified atom stereocenters. The molecule has 2 aromatic rings. The van der Waals surface area contributed by atoms with Crippen molar-refractivity contribution in [3.63, 3.8) is 0 Å². The van der Waals surface area contributed by atoms with Crippen molar-refractivity contribution < 1.29 is 4.74 Å². The minimum atomic E-state index is 0.0700. The van der Waals surface area contributed by atoms with E-state index in [1.165, 1.54) is 18.4 Å². The van der Waals surface area contributed by atoms with Gasteiger partial charge in [0.1, 0.15) is 5.75 Å². The van der Waals surface area contributed by atoms with Crippen molar-refractivity contribution in [2.24, 2.45) is 0 Å². The standard InChI is InChI=1S/C17H17BrClNO/c1-20-17(15-9-4-12(18)10-16(15)19)11-2-5-13(6-3-11)21-14-7-8-14/h2-6,9-10,14,17,20H,7-8H2,1H3. The molecule has 1 aliphatic carbocycles. The summed E-state index contributed by atoms with van der Waals surface area (Å²) in [6.07, 6.45) is 2.78. The number of nitrogens with one attached hydrogen (secondary N) is 1. The molecule has 1 N–H and O–H groups in total. The summed E-state index contributed by atoms with van der Waals surface area (Å²) in [4.78, 5) is 0. The maximum atomic E-state index is 6.37. The zero-order valence-electron chi connectivity index (χ0n) is 11.8. The summed E-state index contributed by atoms with van der Waals surface area (Å²) in [7, 11) is 1.94. The molecular formula is C17H17BrClNO. The molecule has 0 bridgehead atoms. The lowest BCUT2D eigenvalue weighted by Gasteiger charge is -2.19. The first-order chi connectivity index (χ1) is 10.2. The Kier molecular flexibility index (Phi) is 4.53. The molecule has 0 spiro atoms. The number of ether oxygens (including phenoxy) is 1. The highest BCUT2D eigenvalue weighted by Gasteiger charge is 2.23. The SMILES string of the molecule is CNC(c1ccc(OC2CC2)cc1)c1ccc(Br)cc1Cl. The van der Waals surface area contributed by atoms with Crippen LogP contribution in [0.2, 0.25) is 5.02 Å². The van der Waals surface area contributed by atoms with Crippen molar-refractivity contribution in [3.8, 4) is 5.75 Å². The van der Waals surface area contributed by atoms with Crippen LogP contribution >= 0.6 is 27.5 Å². The average molecular weight is 367 g/mol. The largest absolute Gasteiger partial charge is 0.490 e. The molecule has 1 fully saturated rings. The Bertz CT molecular complexity index is 625. The maximum absolute atomic E-state index is 6.37. The molecule has 0 aromatic heterocycles. The van der Waals surface area contributed by atoms with Crippen LogP contribution in [0.3, 0.4) is 0 Å². The Morgan fingerprint density at radius 2 is 1.90 bits per heavy atom. The van der Waals surface area contributed by atoms with Crippen molar-refractivity contribution in [3.05, 3.63) is 63.1 Å². The van der Waals surface area contributed by atoms with Crippen molar-refractivity contribution in [2.75, 3.05) is 7.05 Å². The van der Waals surface area contributed by atoms with Crippen molar-refractivity contribution in [2.45, 2.75) is 25.0 Å². The van der Waals surface area contributed by atoms with E-state index >= 15 is 0 Å². The van der Waals surface area contributed by atoms with Crippen LogP contribution in [0.25, 0.3) is 0 Å². The Morgan fingerprint density at radius 1 is 1.19 bits per heavy atom. The van der Waals surface area contributed by atoms with E-state index in [0.29, 0.717) is 6.10 Å². The van der Waals surface area contributed by atoms with Gasteiger partial charge in [0.25, 0.3) is 0 Å². The van der Waals surface area contributed by atoms with Gasteiger partial charge in [-0.1, -0.05) is 45.7 Å². The minimum Gasteiger partial charge on any atom is -0.490 e. The molecule has 1 saturated carbocycles. The monoisotopic (exact) mass is 365 g/mol. The molecule has 110 valence electrons. The van der Waals surface area contributed by atoms with E-state index in [1.54, 1.807) is 0 Å². The summed E-state index contributed by atoms with van der Waals surface area (Å²) in [5.41, 5.74) is 2.24. The molecule has 21 heavy (non-hydrogen) atoms. The van der Waals surface area contributed by atoms with E-state index in [4.69, 9.17) is 16.3 Å². The van der Waals surface area contributed by atoms with Gasteiger partial charge in [-0.25, -0.2) is 0 Å². The Labute approximate surface area is 138 Å². The lowest BCUT2D eigenvalue weighted by atomic mass is 9.99. The normalized spacial score (nSPS) is 15.8. The molecule has 1 atom stereocenters. The van der Waals surface area contributed by atoms with Crippen LogP contribution in [-0.4, -0.2) is 13.2 Å². The van der Waals surface area contributed by atoms with Crippen LogP contribution in [0.15, 0.2) is 46.9 Å². The molecule has 0 amide bonds. The molecule has 2 aromatic carbocycles. The fourth-order valence-corrected chi connectivity index (χ4v) is 3.14. The maximum Gasteiger partial charge on any atom is 0.119 e. The van der Waals surface area contributed by atoms with Crippen LogP contribution in [0.1, 0.15) is 30.0 Å². The van der Waals surface area contributed by atoms with E-state index in [0.717, 1.165) is 20.8 Å². The summed E-state index contributed by atoms with van der Waals surface area (Å²) in [5.74, 6) is 0.943. The minimum absolute atomic E-state index is 0.0700. The summed E-state index contributed by atoms with van der Waals surface area (Å²) >= 11 is 9.81. The Balaban J connectivity index is 1.84. The van der Waals surface area contributed by atoms with Crippen LogP contribution in [-0.2, 0) is 0 Å². The molecule has 0 radical (unpaired) electrons. The third kappa shape index (κ3) is 3.60. The Hall–Kier alpha value is -1.03. The van der Waals surface area contributed by atoms with Crippen LogP contribution in [0.5, 0.6) is 5.75 Å². The third-order valence-corrected chi connectivity index (χ3v) is 4.42. The molecular weight excluding hydrogens is 350 g/mol. The molecule has 2 nitrogen and oxygen atoms in total. The fourth-order valence-electron chi connectivity index (χ4n) is 2.35. The molecule has 3 rings (SSSR count). The van der Waals surface area contributed by atoms with Gasteiger partial charge < -0.3 is 10.1 Å². The first kappa shape index (κ1) is 14.9. The van der Waals surface area contributed by atoms with Gasteiger partial charge in [-0.2, -0.15) is 0 Å². The van der Waals surface area contributed by atoms with Gasteiger partial charge in [0, 0.05) is 9.50 Å². The second-order valence-electron chi connectivity index (χ2n) is 5.27. The van der Waals surface area contributed by atoms with Gasteiger partial charge in [0.15, 0.2) is 0 Å². The lowest BCUT2D eigenvalue weighted by Crippen LogP contribution is -2.18. The predicted octanol–water partition coefficient (Wildman–Crippen LogP) is 4.95. The highest BCUT2D eigenvalue weighted by Crippen LogP contribution is 2.32. The number of rotatable bonds is 5. The first-order valence-corrected chi connectivity index (χ1v) is 8.23. The smallest absolute Gasteiger partial charge is 0.119 e. The molecule has 4 heteroatoms. The zero-order chi connectivity index (χ0) is 14.8. The van der Waals surface area contributed by atoms with Gasteiger partial charge in [-0.05, 0) is 55.3 Å². The van der Waals surface area contributed by atoms with Crippen LogP contribution in [0, 0.1) is 0 Å². The van der Waals surface area contributed by atoms with E-state index in [2.05, 4.69) is 33.4 Å². The summed E-state index contributed by atoms with van der Waals surface area (Å²) in [5, 5.41) is 4.08.